The monoisotopic (exact) mass is 381 g/mol. The van der Waals surface area contributed by atoms with Gasteiger partial charge in [0.05, 0.1) is 25.5 Å². The van der Waals surface area contributed by atoms with E-state index in [-0.39, 0.29) is 6.10 Å². The first-order valence-electron chi connectivity index (χ1n) is 9.78. The number of hydrogen-bond acceptors (Lipinski definition) is 5. The molecule has 2 aromatic heterocycles. The van der Waals surface area contributed by atoms with Crippen molar-refractivity contribution in [2.24, 2.45) is 0 Å². The number of benzene rings is 1. The van der Waals surface area contributed by atoms with Crippen LogP contribution in [-0.4, -0.2) is 35.4 Å². The molecule has 0 saturated carbocycles. The summed E-state index contributed by atoms with van der Waals surface area (Å²) in [7, 11) is 3.76. The number of rotatable bonds is 7. The summed E-state index contributed by atoms with van der Waals surface area (Å²) in [6, 6.07) is 12.0. The van der Waals surface area contributed by atoms with Gasteiger partial charge in [0, 0.05) is 31.0 Å². The van der Waals surface area contributed by atoms with Gasteiger partial charge in [0.2, 0.25) is 0 Å². The third kappa shape index (κ3) is 4.46. The van der Waals surface area contributed by atoms with Crippen molar-refractivity contribution in [1.82, 2.24) is 14.7 Å². The third-order valence-electron chi connectivity index (χ3n) is 5.01. The molecule has 0 N–H and O–H groups in total. The quantitative estimate of drug-likeness (QED) is 0.609. The summed E-state index contributed by atoms with van der Waals surface area (Å²) in [6.07, 6.45) is 7.48. The lowest BCUT2D eigenvalue weighted by atomic mass is 10.1. The van der Waals surface area contributed by atoms with Crippen LogP contribution >= 0.6 is 0 Å². The van der Waals surface area contributed by atoms with E-state index >= 15 is 0 Å². The van der Waals surface area contributed by atoms with E-state index in [2.05, 4.69) is 35.4 Å². The molecule has 0 amide bonds. The summed E-state index contributed by atoms with van der Waals surface area (Å²) in [6.45, 7) is 2.37. The maximum atomic E-state index is 6.03. The van der Waals surface area contributed by atoms with Crippen LogP contribution in [0.25, 0.3) is 5.69 Å². The van der Waals surface area contributed by atoms with Crippen molar-refractivity contribution in [3.8, 4) is 11.4 Å². The molecule has 1 atom stereocenters. The average molecular weight is 381 g/mol. The van der Waals surface area contributed by atoms with Crippen molar-refractivity contribution >= 4 is 0 Å². The summed E-state index contributed by atoms with van der Waals surface area (Å²) in [5.41, 5.74) is 2.13. The van der Waals surface area contributed by atoms with Crippen molar-refractivity contribution in [1.29, 1.82) is 0 Å². The third-order valence-corrected chi connectivity index (χ3v) is 5.01. The standard InChI is InChI=1S/C22H27N3O3/c1-24(16-20-9-10-22(28-20)21-8-3-4-11-27-21)14-17-13-23-25(15-17)18-6-5-7-19(12-18)26-2/h5-7,9-10,12-13,15,21H,3-4,8,11,14,16H2,1-2H3. The maximum Gasteiger partial charge on any atom is 0.133 e. The van der Waals surface area contributed by atoms with E-state index in [1.165, 1.54) is 6.42 Å². The SMILES string of the molecule is COc1cccc(-n2cc(CN(C)Cc3ccc(C4CCCCO4)o3)cn2)c1. The number of furan rings is 1. The number of nitrogens with zero attached hydrogens (tertiary/aromatic N) is 3. The van der Waals surface area contributed by atoms with Crippen molar-refractivity contribution in [2.45, 2.75) is 38.5 Å². The molecular weight excluding hydrogens is 354 g/mol. The molecule has 1 aliphatic rings. The minimum Gasteiger partial charge on any atom is -0.497 e. The normalized spacial score (nSPS) is 17.2. The first-order chi connectivity index (χ1) is 13.7. The molecule has 1 aromatic carbocycles. The molecule has 0 aliphatic carbocycles. The summed E-state index contributed by atoms with van der Waals surface area (Å²) >= 11 is 0. The average Bonchev–Trinajstić information content (AvgIpc) is 3.38. The Morgan fingerprint density at radius 1 is 1.21 bits per heavy atom. The van der Waals surface area contributed by atoms with Gasteiger partial charge in [-0.3, -0.25) is 4.90 Å². The van der Waals surface area contributed by atoms with Gasteiger partial charge >= 0.3 is 0 Å². The topological polar surface area (TPSA) is 52.7 Å². The molecule has 3 heterocycles. The fraction of sp³-hybridized carbons (Fsp3) is 0.409. The lowest BCUT2D eigenvalue weighted by molar-refractivity contribution is 0.000907. The highest BCUT2D eigenvalue weighted by atomic mass is 16.5. The van der Waals surface area contributed by atoms with Crippen LogP contribution in [0.3, 0.4) is 0 Å². The number of aromatic nitrogens is 2. The lowest BCUT2D eigenvalue weighted by Crippen LogP contribution is -2.16. The summed E-state index contributed by atoms with van der Waals surface area (Å²) in [4.78, 5) is 2.22. The first-order valence-corrected chi connectivity index (χ1v) is 9.78. The van der Waals surface area contributed by atoms with E-state index in [1.54, 1.807) is 7.11 Å². The molecule has 0 bridgehead atoms. The van der Waals surface area contributed by atoms with Gasteiger partial charge in [-0.2, -0.15) is 5.10 Å². The zero-order valence-corrected chi connectivity index (χ0v) is 16.5. The van der Waals surface area contributed by atoms with E-state index in [4.69, 9.17) is 13.9 Å². The molecule has 6 nitrogen and oxygen atoms in total. The van der Waals surface area contributed by atoms with Crippen LogP contribution in [-0.2, 0) is 17.8 Å². The van der Waals surface area contributed by atoms with Crippen molar-refractivity contribution < 1.29 is 13.9 Å². The Hall–Kier alpha value is -2.57. The van der Waals surface area contributed by atoms with Crippen LogP contribution in [0, 0.1) is 0 Å². The van der Waals surface area contributed by atoms with Crippen LogP contribution < -0.4 is 4.74 Å². The van der Waals surface area contributed by atoms with Gasteiger partial charge in [-0.15, -0.1) is 0 Å². The van der Waals surface area contributed by atoms with Gasteiger partial charge in [-0.05, 0) is 50.6 Å². The lowest BCUT2D eigenvalue weighted by Gasteiger charge is -2.20. The van der Waals surface area contributed by atoms with Crippen LogP contribution in [0.15, 0.2) is 53.2 Å². The van der Waals surface area contributed by atoms with Gasteiger partial charge in [0.25, 0.3) is 0 Å². The molecule has 3 aromatic rings. The van der Waals surface area contributed by atoms with E-state index in [9.17, 15) is 0 Å². The van der Waals surface area contributed by atoms with Crippen molar-refractivity contribution in [3.05, 3.63) is 65.9 Å². The zero-order chi connectivity index (χ0) is 19.3. The van der Waals surface area contributed by atoms with Crippen molar-refractivity contribution in [3.63, 3.8) is 0 Å². The molecule has 28 heavy (non-hydrogen) atoms. The van der Waals surface area contributed by atoms with E-state index in [0.717, 1.165) is 61.1 Å². The van der Waals surface area contributed by atoms with Crippen LogP contribution in [0.5, 0.6) is 5.75 Å². The zero-order valence-electron chi connectivity index (χ0n) is 16.5. The van der Waals surface area contributed by atoms with Crippen LogP contribution in [0.2, 0.25) is 0 Å². The minimum absolute atomic E-state index is 0.119. The predicted octanol–water partition coefficient (Wildman–Crippen LogP) is 4.35. The molecule has 0 spiro atoms. The van der Waals surface area contributed by atoms with E-state index in [0.29, 0.717) is 0 Å². The number of ether oxygens (including phenoxy) is 2. The maximum absolute atomic E-state index is 6.03. The second-order valence-corrected chi connectivity index (χ2v) is 7.33. The Labute approximate surface area is 165 Å². The van der Waals surface area contributed by atoms with Crippen LogP contribution in [0.4, 0.5) is 0 Å². The smallest absolute Gasteiger partial charge is 0.133 e. The molecular formula is C22H27N3O3. The molecule has 1 unspecified atom stereocenters. The molecule has 1 aliphatic heterocycles. The Bertz CT molecular complexity index is 896. The molecule has 0 radical (unpaired) electrons. The largest absolute Gasteiger partial charge is 0.497 e. The first kappa shape index (κ1) is 18.8. The Morgan fingerprint density at radius 3 is 2.96 bits per heavy atom. The Kier molecular flexibility index (Phi) is 5.78. The van der Waals surface area contributed by atoms with Gasteiger partial charge in [0.1, 0.15) is 23.4 Å². The van der Waals surface area contributed by atoms with Gasteiger partial charge in [0.15, 0.2) is 0 Å². The fourth-order valence-electron chi connectivity index (χ4n) is 3.59. The van der Waals surface area contributed by atoms with Gasteiger partial charge in [-0.25, -0.2) is 4.68 Å². The Morgan fingerprint density at radius 2 is 2.14 bits per heavy atom. The van der Waals surface area contributed by atoms with Gasteiger partial charge in [-0.1, -0.05) is 6.07 Å². The number of hydrogen-bond donors (Lipinski definition) is 0. The summed E-state index contributed by atoms with van der Waals surface area (Å²) in [5, 5.41) is 4.48. The van der Waals surface area contributed by atoms with E-state index < -0.39 is 0 Å². The molecule has 4 rings (SSSR count). The second-order valence-electron chi connectivity index (χ2n) is 7.33. The number of methoxy groups -OCH3 is 1. The second kappa shape index (κ2) is 8.63. The molecule has 1 saturated heterocycles. The summed E-state index contributed by atoms with van der Waals surface area (Å²) < 4.78 is 19.0. The minimum atomic E-state index is 0.119. The van der Waals surface area contributed by atoms with Crippen LogP contribution in [0.1, 0.15) is 42.5 Å². The Balaban J connectivity index is 1.36. The van der Waals surface area contributed by atoms with Gasteiger partial charge < -0.3 is 13.9 Å². The highest BCUT2D eigenvalue weighted by Gasteiger charge is 2.19. The molecule has 6 heteroatoms. The highest BCUT2D eigenvalue weighted by Crippen LogP contribution is 2.29. The summed E-state index contributed by atoms with van der Waals surface area (Å²) in [5.74, 6) is 2.74. The van der Waals surface area contributed by atoms with Crippen molar-refractivity contribution in [2.75, 3.05) is 20.8 Å². The fourth-order valence-corrected chi connectivity index (χ4v) is 3.59. The molecule has 148 valence electrons. The highest BCUT2D eigenvalue weighted by molar-refractivity contribution is 5.38. The molecule has 1 fully saturated rings. The predicted molar refractivity (Wildman–Crippen MR) is 107 cm³/mol. The van der Waals surface area contributed by atoms with E-state index in [1.807, 2.05) is 35.1 Å².